The summed E-state index contributed by atoms with van der Waals surface area (Å²) in [6, 6.07) is 0. The van der Waals surface area contributed by atoms with Crippen LogP contribution < -0.4 is 0 Å². The lowest BCUT2D eigenvalue weighted by molar-refractivity contribution is 0.394. The molecule has 0 amide bonds. The van der Waals surface area contributed by atoms with Crippen LogP contribution >= 0.6 is 0 Å². The van der Waals surface area contributed by atoms with Crippen molar-refractivity contribution in [2.75, 3.05) is 0 Å². The molecule has 0 aromatic heterocycles. The molecule has 0 heteroatoms. The van der Waals surface area contributed by atoms with Gasteiger partial charge in [0.1, 0.15) is 0 Å². The minimum atomic E-state index is 0.977. The molecule has 2 aliphatic carbocycles. The summed E-state index contributed by atoms with van der Waals surface area (Å²) < 4.78 is 0. The number of hydrogen-bond acceptors (Lipinski definition) is 0. The van der Waals surface area contributed by atoms with Crippen LogP contribution in [0.25, 0.3) is 0 Å². The van der Waals surface area contributed by atoms with E-state index in [0.29, 0.717) is 0 Å². The molecule has 0 spiro atoms. The van der Waals surface area contributed by atoms with E-state index >= 15 is 0 Å². The van der Waals surface area contributed by atoms with E-state index in [0.717, 1.165) is 17.8 Å². The molecule has 10 heavy (non-hydrogen) atoms. The van der Waals surface area contributed by atoms with Gasteiger partial charge in [-0.2, -0.15) is 0 Å². The van der Waals surface area contributed by atoms with Gasteiger partial charge in [-0.15, -0.1) is 0 Å². The van der Waals surface area contributed by atoms with Crippen molar-refractivity contribution in [1.29, 1.82) is 0 Å². The molecule has 2 aliphatic rings. The Hall–Kier alpha value is -0.260. The summed E-state index contributed by atoms with van der Waals surface area (Å²) in [5.74, 6) is 3.00. The molecule has 0 radical (unpaired) electrons. The maximum Gasteiger partial charge on any atom is -0.0199 e. The normalized spacial score (nSPS) is 43.1. The monoisotopic (exact) mass is 136 g/mol. The number of hydrogen-bond donors (Lipinski definition) is 0. The molecular formula is C10H16. The molecule has 0 saturated heterocycles. The molecule has 0 aliphatic heterocycles. The second kappa shape index (κ2) is 2.41. The smallest absolute Gasteiger partial charge is 0.0199 e. The molecule has 2 atom stereocenters. The van der Waals surface area contributed by atoms with Crippen molar-refractivity contribution in [3.8, 4) is 0 Å². The van der Waals surface area contributed by atoms with Gasteiger partial charge in [-0.1, -0.05) is 25.5 Å². The highest BCUT2D eigenvalue weighted by molar-refractivity contribution is 5.11. The van der Waals surface area contributed by atoms with Crippen molar-refractivity contribution in [3.05, 3.63) is 12.2 Å². The van der Waals surface area contributed by atoms with Gasteiger partial charge in [-0.05, 0) is 37.0 Å². The third kappa shape index (κ3) is 0.817. The first kappa shape index (κ1) is 6.45. The largest absolute Gasteiger partial charge is 0.0848 e. The van der Waals surface area contributed by atoms with Crippen molar-refractivity contribution < 1.29 is 0 Å². The average Bonchev–Trinajstić information content (AvgIpc) is 2.50. The lowest BCUT2D eigenvalue weighted by Gasteiger charge is -2.13. The summed E-state index contributed by atoms with van der Waals surface area (Å²) in [6.45, 7) is 2.30. The quantitative estimate of drug-likeness (QED) is 0.512. The third-order valence-corrected chi connectivity index (χ3v) is 3.16. The SMILES string of the molecule is CCCC1C2C=CC1CC2. The summed E-state index contributed by atoms with van der Waals surface area (Å²) in [6.07, 6.45) is 10.7. The zero-order valence-corrected chi connectivity index (χ0v) is 6.72. The second-order valence-corrected chi connectivity index (χ2v) is 3.74. The van der Waals surface area contributed by atoms with Crippen LogP contribution in [-0.4, -0.2) is 0 Å². The maximum atomic E-state index is 2.45. The molecule has 0 N–H and O–H groups in total. The Kier molecular flexibility index (Phi) is 1.55. The highest BCUT2D eigenvalue weighted by Gasteiger charge is 2.36. The van der Waals surface area contributed by atoms with E-state index in [-0.39, 0.29) is 0 Å². The highest BCUT2D eigenvalue weighted by atomic mass is 14.4. The molecule has 2 bridgehead atoms. The van der Waals surface area contributed by atoms with E-state index in [2.05, 4.69) is 19.1 Å². The summed E-state index contributed by atoms with van der Waals surface area (Å²) in [5, 5.41) is 0. The molecule has 0 aromatic rings. The molecule has 2 rings (SSSR count). The number of rotatable bonds is 2. The average molecular weight is 136 g/mol. The minimum absolute atomic E-state index is 0.977. The van der Waals surface area contributed by atoms with Crippen molar-refractivity contribution in [1.82, 2.24) is 0 Å². The van der Waals surface area contributed by atoms with Crippen molar-refractivity contribution >= 4 is 0 Å². The summed E-state index contributed by atoms with van der Waals surface area (Å²) in [5.41, 5.74) is 0. The zero-order valence-electron chi connectivity index (χ0n) is 6.72. The van der Waals surface area contributed by atoms with Crippen LogP contribution in [-0.2, 0) is 0 Å². The van der Waals surface area contributed by atoms with Crippen LogP contribution in [0.3, 0.4) is 0 Å². The fourth-order valence-corrected chi connectivity index (χ4v) is 2.66. The predicted octanol–water partition coefficient (Wildman–Crippen LogP) is 3.00. The van der Waals surface area contributed by atoms with Gasteiger partial charge in [0.2, 0.25) is 0 Å². The van der Waals surface area contributed by atoms with Crippen LogP contribution in [0, 0.1) is 17.8 Å². The van der Waals surface area contributed by atoms with Gasteiger partial charge in [-0.25, -0.2) is 0 Å². The Morgan fingerprint density at radius 3 is 2.20 bits per heavy atom. The van der Waals surface area contributed by atoms with Gasteiger partial charge < -0.3 is 0 Å². The molecule has 0 nitrogen and oxygen atoms in total. The molecular weight excluding hydrogens is 120 g/mol. The molecule has 56 valence electrons. The van der Waals surface area contributed by atoms with Crippen LogP contribution in [0.15, 0.2) is 12.2 Å². The number of allylic oxidation sites excluding steroid dienone is 2. The second-order valence-electron chi connectivity index (χ2n) is 3.74. The fourth-order valence-electron chi connectivity index (χ4n) is 2.66. The van der Waals surface area contributed by atoms with Crippen LogP contribution in [0.2, 0.25) is 0 Å². The Morgan fingerprint density at radius 1 is 1.20 bits per heavy atom. The van der Waals surface area contributed by atoms with Crippen LogP contribution in [0.1, 0.15) is 32.6 Å². The fraction of sp³-hybridized carbons (Fsp3) is 0.800. The maximum absolute atomic E-state index is 2.45. The first-order chi connectivity index (χ1) is 4.92. The van der Waals surface area contributed by atoms with Gasteiger partial charge in [0.15, 0.2) is 0 Å². The first-order valence-electron chi connectivity index (χ1n) is 4.60. The Balaban J connectivity index is 2.01. The Morgan fingerprint density at radius 2 is 1.80 bits per heavy atom. The molecule has 1 saturated carbocycles. The van der Waals surface area contributed by atoms with Gasteiger partial charge in [0.05, 0.1) is 0 Å². The summed E-state index contributed by atoms with van der Waals surface area (Å²) in [7, 11) is 0. The van der Waals surface area contributed by atoms with Gasteiger partial charge in [0.25, 0.3) is 0 Å². The Labute approximate surface area is 63.3 Å². The number of fused-ring (bicyclic) bond motifs is 2. The lowest BCUT2D eigenvalue weighted by Crippen LogP contribution is -2.05. The Bertz CT molecular complexity index is 132. The van der Waals surface area contributed by atoms with Crippen LogP contribution in [0.4, 0.5) is 0 Å². The lowest BCUT2D eigenvalue weighted by atomic mass is 9.92. The van der Waals surface area contributed by atoms with Crippen molar-refractivity contribution in [2.24, 2.45) is 17.8 Å². The summed E-state index contributed by atoms with van der Waals surface area (Å²) in [4.78, 5) is 0. The molecule has 2 unspecified atom stereocenters. The third-order valence-electron chi connectivity index (χ3n) is 3.16. The van der Waals surface area contributed by atoms with E-state index in [1.165, 1.54) is 25.7 Å². The predicted molar refractivity (Wildman–Crippen MR) is 43.8 cm³/mol. The minimum Gasteiger partial charge on any atom is -0.0848 e. The highest BCUT2D eigenvalue weighted by Crippen LogP contribution is 2.46. The topological polar surface area (TPSA) is 0 Å². The van der Waals surface area contributed by atoms with E-state index in [1.807, 2.05) is 0 Å². The zero-order chi connectivity index (χ0) is 6.97. The van der Waals surface area contributed by atoms with Gasteiger partial charge in [0, 0.05) is 0 Å². The van der Waals surface area contributed by atoms with Crippen LogP contribution in [0.5, 0.6) is 0 Å². The van der Waals surface area contributed by atoms with Crippen molar-refractivity contribution in [2.45, 2.75) is 32.6 Å². The molecule has 0 aromatic carbocycles. The van der Waals surface area contributed by atoms with E-state index in [9.17, 15) is 0 Å². The molecule has 1 fully saturated rings. The van der Waals surface area contributed by atoms with Gasteiger partial charge >= 0.3 is 0 Å². The van der Waals surface area contributed by atoms with E-state index in [1.54, 1.807) is 0 Å². The van der Waals surface area contributed by atoms with E-state index < -0.39 is 0 Å². The van der Waals surface area contributed by atoms with Crippen molar-refractivity contribution in [3.63, 3.8) is 0 Å². The van der Waals surface area contributed by atoms with Gasteiger partial charge in [-0.3, -0.25) is 0 Å². The van der Waals surface area contributed by atoms with E-state index in [4.69, 9.17) is 0 Å². The standard InChI is InChI=1S/C10H16/c1-2-3-10-8-4-5-9(10)7-6-8/h4-5,8-10H,2-3,6-7H2,1H3. The summed E-state index contributed by atoms with van der Waals surface area (Å²) >= 11 is 0. The first-order valence-corrected chi connectivity index (χ1v) is 4.60. The molecule has 0 heterocycles.